The van der Waals surface area contributed by atoms with Gasteiger partial charge in [0, 0.05) is 0 Å². The molecule has 0 spiro atoms. The first-order chi connectivity index (χ1) is 8.06. The molecule has 0 N–H and O–H groups in total. The summed E-state index contributed by atoms with van der Waals surface area (Å²) in [5.41, 5.74) is 9.68. The van der Waals surface area contributed by atoms with Gasteiger partial charge in [-0.3, -0.25) is 0 Å². The zero-order valence-corrected chi connectivity index (χ0v) is 18.3. The molecule has 0 aliphatic heterocycles. The summed E-state index contributed by atoms with van der Waals surface area (Å²) in [7, 11) is 0. The van der Waals surface area contributed by atoms with Crippen LogP contribution in [0, 0.1) is 0 Å². The third-order valence-electron chi connectivity index (χ3n) is 5.17. The summed E-state index contributed by atoms with van der Waals surface area (Å²) in [4.78, 5) is 3.96. The molecule has 4 heteroatoms. The molecule has 0 rings (SSSR count). The molecular formula is C13H30N2Sn2. The fourth-order valence-corrected chi connectivity index (χ4v) is 63.8. The van der Waals surface area contributed by atoms with E-state index in [0.29, 0.717) is 0 Å². The monoisotopic (exact) mass is 454 g/mol. The van der Waals surface area contributed by atoms with Crippen molar-refractivity contribution >= 4 is 38.5 Å². The van der Waals surface area contributed by atoms with Crippen molar-refractivity contribution in [2.45, 2.75) is 68.2 Å². The predicted molar refractivity (Wildman–Crippen MR) is 83.0 cm³/mol. The Morgan fingerprint density at radius 1 is 0.706 bits per heavy atom. The molecule has 2 nitrogen and oxygen atoms in total. The van der Waals surface area contributed by atoms with Crippen LogP contribution in [0.4, 0.5) is 0 Å². The van der Waals surface area contributed by atoms with Crippen LogP contribution in [0.15, 0.2) is 0 Å². The Morgan fingerprint density at radius 2 is 0.941 bits per heavy atom. The van der Waals surface area contributed by atoms with Crippen LogP contribution in [0.25, 0.3) is 5.53 Å². The standard InChI is InChI=1S/6C2H5.CN2.2Sn/c6*1-2;1-3-2;;/h6*1H2,2H3;;;. The summed E-state index contributed by atoms with van der Waals surface area (Å²) in [6.07, 6.45) is 0. The van der Waals surface area contributed by atoms with Crippen LogP contribution in [0.5, 0.6) is 0 Å². The van der Waals surface area contributed by atoms with Crippen molar-refractivity contribution in [2.75, 3.05) is 0 Å². The Morgan fingerprint density at radius 3 is 1.06 bits per heavy atom. The summed E-state index contributed by atoms with van der Waals surface area (Å²) >= 11 is -4.57. The van der Waals surface area contributed by atoms with Crippen molar-refractivity contribution in [1.82, 2.24) is 0 Å². The van der Waals surface area contributed by atoms with Gasteiger partial charge in [-0.2, -0.15) is 0 Å². The predicted octanol–water partition coefficient (Wildman–Crippen LogP) is 4.75. The molecule has 100 valence electrons. The molecular weight excluding hydrogens is 422 g/mol. The van der Waals surface area contributed by atoms with E-state index in [-0.39, 0.29) is 0 Å². The van der Waals surface area contributed by atoms with Gasteiger partial charge in [0.2, 0.25) is 0 Å². The van der Waals surface area contributed by atoms with Gasteiger partial charge in [0.25, 0.3) is 0 Å². The van der Waals surface area contributed by atoms with Gasteiger partial charge in [-0.1, -0.05) is 0 Å². The van der Waals surface area contributed by atoms with E-state index in [9.17, 15) is 5.53 Å². The normalized spacial score (nSPS) is 12.4. The van der Waals surface area contributed by atoms with Crippen LogP contribution >= 0.6 is 0 Å². The van der Waals surface area contributed by atoms with E-state index in [1.165, 1.54) is 28.4 Å². The van der Waals surface area contributed by atoms with Crippen molar-refractivity contribution in [3.05, 3.63) is 5.53 Å². The molecule has 0 fully saturated rings. The fraction of sp³-hybridized carbons (Fsp3) is 0.923. The van der Waals surface area contributed by atoms with Crippen LogP contribution in [-0.2, 0) is 0 Å². The third kappa shape index (κ3) is 3.50. The van der Waals surface area contributed by atoms with Crippen molar-refractivity contribution in [3.63, 3.8) is 0 Å². The van der Waals surface area contributed by atoms with E-state index >= 15 is 0 Å². The molecule has 0 aliphatic rings. The summed E-state index contributed by atoms with van der Waals surface area (Å²) in [5.74, 6) is 0. The van der Waals surface area contributed by atoms with Gasteiger partial charge in [-0.05, 0) is 0 Å². The van der Waals surface area contributed by atoms with Crippen molar-refractivity contribution in [2.24, 2.45) is 0 Å². The second-order valence-electron chi connectivity index (χ2n) is 5.13. The maximum atomic E-state index is 9.68. The number of nitrogens with zero attached hydrogens (tertiary/aromatic N) is 2. The fourth-order valence-electron chi connectivity index (χ4n) is 3.28. The first-order valence-corrected chi connectivity index (χ1v) is 22.3. The quantitative estimate of drug-likeness (QED) is 0.221. The first-order valence-electron chi connectivity index (χ1n) is 7.29. The van der Waals surface area contributed by atoms with Crippen LogP contribution in [0.3, 0.4) is 0 Å². The first kappa shape index (κ1) is 18.0. The molecule has 0 saturated heterocycles. The molecule has 0 aliphatic carbocycles. The summed E-state index contributed by atoms with van der Waals surface area (Å²) in [6.45, 7) is 14.0. The Kier molecular flexibility index (Phi) is 8.68. The average Bonchev–Trinajstić information content (AvgIpc) is 2.40. The molecule has 0 radical (unpaired) electrons. The average molecular weight is 452 g/mol. The third-order valence-corrected chi connectivity index (χ3v) is 55.0. The van der Waals surface area contributed by atoms with Crippen molar-refractivity contribution < 1.29 is 4.79 Å². The van der Waals surface area contributed by atoms with Crippen molar-refractivity contribution in [3.8, 4) is 0 Å². The Hall–Kier alpha value is 0.977. The van der Waals surface area contributed by atoms with Crippen LogP contribution in [-0.4, -0.2) is 43.3 Å². The van der Waals surface area contributed by atoms with Crippen molar-refractivity contribution in [1.29, 1.82) is 0 Å². The summed E-state index contributed by atoms with van der Waals surface area (Å²) < 4.78 is 9.38. The number of hydrogen-bond donors (Lipinski definition) is 0. The maximum absolute atomic E-state index is 9.68. The van der Waals surface area contributed by atoms with E-state index in [1.807, 2.05) is 0 Å². The van der Waals surface area contributed by atoms with E-state index < -0.39 is 36.8 Å². The van der Waals surface area contributed by atoms with Crippen LogP contribution in [0.1, 0.15) is 41.5 Å². The summed E-state index contributed by atoms with van der Waals surface area (Å²) in [6, 6.07) is 0. The topological polar surface area (TPSA) is 36.4 Å². The van der Waals surface area contributed by atoms with Gasteiger partial charge >= 0.3 is 117 Å². The Bertz CT molecular complexity index is 237. The number of rotatable bonds is 8. The Balaban J connectivity index is 5.68. The SMILES string of the molecule is C[CH2][Sn]([CH2]C)([CH2]C)[C](=[N+]=[N-])[Sn]([CH2]C)([CH2]C)[CH2]C. The second-order valence-corrected chi connectivity index (χ2v) is 38.6. The zero-order valence-electron chi connectivity index (χ0n) is 12.6. The number of hydrogen-bond acceptors (Lipinski definition) is 0. The molecule has 0 aromatic rings. The zero-order chi connectivity index (χ0) is 13.5. The molecule has 0 unspecified atom stereocenters. The molecule has 0 aromatic heterocycles. The van der Waals surface area contributed by atoms with Crippen LogP contribution in [0.2, 0.25) is 26.6 Å². The molecule has 0 saturated carbocycles. The molecule has 0 aromatic carbocycles. The molecule has 0 bridgehead atoms. The van der Waals surface area contributed by atoms with Gasteiger partial charge < -0.3 is 0 Å². The van der Waals surface area contributed by atoms with Gasteiger partial charge in [-0.25, -0.2) is 0 Å². The van der Waals surface area contributed by atoms with Gasteiger partial charge in [0.1, 0.15) is 0 Å². The van der Waals surface area contributed by atoms with E-state index in [1.54, 1.807) is 0 Å². The van der Waals surface area contributed by atoms with E-state index in [4.69, 9.17) is 0 Å². The summed E-state index contributed by atoms with van der Waals surface area (Å²) in [5, 5.41) is 0. The Labute approximate surface area is 116 Å². The molecule has 0 atom stereocenters. The minimum atomic E-state index is -2.28. The van der Waals surface area contributed by atoms with Gasteiger partial charge in [0.05, 0.1) is 0 Å². The van der Waals surface area contributed by atoms with E-state index in [0.717, 1.165) is 0 Å². The van der Waals surface area contributed by atoms with Gasteiger partial charge in [0.15, 0.2) is 0 Å². The molecule has 0 amide bonds. The molecule has 0 heterocycles. The molecule has 17 heavy (non-hydrogen) atoms. The van der Waals surface area contributed by atoms with Crippen LogP contribution < -0.4 is 0 Å². The second kappa shape index (κ2) is 8.21. The van der Waals surface area contributed by atoms with E-state index in [2.05, 4.69) is 46.3 Å². The van der Waals surface area contributed by atoms with Gasteiger partial charge in [-0.15, -0.1) is 0 Å². The minimum absolute atomic E-state index is 1.32.